The van der Waals surface area contributed by atoms with Crippen molar-refractivity contribution in [2.75, 3.05) is 6.54 Å². The summed E-state index contributed by atoms with van der Waals surface area (Å²) < 4.78 is 0. The average Bonchev–Trinajstić information content (AvgIpc) is 2.84. The third kappa shape index (κ3) is 5.62. The van der Waals surface area contributed by atoms with E-state index in [1.165, 1.54) is 11.3 Å². The Morgan fingerprint density at radius 3 is 2.83 bits per heavy atom. The molecule has 0 saturated heterocycles. The van der Waals surface area contributed by atoms with Crippen LogP contribution in [0.2, 0.25) is 0 Å². The minimum Gasteiger partial charge on any atom is -0.481 e. The lowest BCUT2D eigenvalue weighted by molar-refractivity contribution is -0.138. The van der Waals surface area contributed by atoms with Crippen LogP contribution in [0, 0.1) is 5.92 Å². The fourth-order valence-corrected chi connectivity index (χ4v) is 1.94. The molecule has 1 unspecified atom stereocenters. The molecule has 0 fully saturated rings. The number of aromatic nitrogens is 1. The number of carbonyl (C=O) groups excluding carboxylic acids is 1. The summed E-state index contributed by atoms with van der Waals surface area (Å²) >= 11 is 1.47. The van der Waals surface area contributed by atoms with Crippen molar-refractivity contribution in [1.29, 1.82) is 0 Å². The SMILES string of the molecule is CCC(CNC(=O)NCc1cncs1)CC(=O)O. The molecule has 1 rings (SSSR count). The maximum atomic E-state index is 11.5. The molecule has 0 spiro atoms. The third-order valence-electron chi connectivity index (χ3n) is 2.50. The number of urea groups is 1. The van der Waals surface area contributed by atoms with Gasteiger partial charge in [-0.05, 0) is 5.92 Å². The van der Waals surface area contributed by atoms with Gasteiger partial charge in [0, 0.05) is 24.0 Å². The summed E-state index contributed by atoms with van der Waals surface area (Å²) in [4.78, 5) is 26.9. The van der Waals surface area contributed by atoms with E-state index in [-0.39, 0.29) is 18.4 Å². The van der Waals surface area contributed by atoms with E-state index in [0.29, 0.717) is 13.1 Å². The fourth-order valence-electron chi connectivity index (χ4n) is 1.40. The van der Waals surface area contributed by atoms with Crippen molar-refractivity contribution in [3.63, 3.8) is 0 Å². The molecule has 1 atom stereocenters. The van der Waals surface area contributed by atoms with E-state index in [2.05, 4.69) is 15.6 Å². The maximum Gasteiger partial charge on any atom is 0.315 e. The Balaban J connectivity index is 2.21. The number of carboxylic acids is 1. The summed E-state index contributed by atoms with van der Waals surface area (Å²) in [6.07, 6.45) is 2.50. The van der Waals surface area contributed by atoms with Crippen molar-refractivity contribution in [2.45, 2.75) is 26.3 Å². The Kier molecular flexibility index (Phi) is 6.13. The Morgan fingerprint density at radius 1 is 1.50 bits per heavy atom. The standard InChI is InChI=1S/C11H17N3O3S/c1-2-8(3-10(15)16)4-13-11(17)14-6-9-5-12-7-18-9/h5,7-8H,2-4,6H2,1H3,(H,15,16)(H2,13,14,17). The summed E-state index contributed by atoms with van der Waals surface area (Å²) in [6, 6.07) is -0.285. The highest BCUT2D eigenvalue weighted by molar-refractivity contribution is 7.09. The van der Waals surface area contributed by atoms with Crippen LogP contribution in [-0.2, 0) is 11.3 Å². The molecule has 2 amide bonds. The topological polar surface area (TPSA) is 91.3 Å². The zero-order chi connectivity index (χ0) is 13.4. The molecular formula is C11H17N3O3S. The van der Waals surface area contributed by atoms with Crippen molar-refractivity contribution in [3.8, 4) is 0 Å². The molecule has 18 heavy (non-hydrogen) atoms. The number of nitrogens with one attached hydrogen (secondary N) is 2. The van der Waals surface area contributed by atoms with Crippen LogP contribution >= 0.6 is 11.3 Å². The number of rotatable bonds is 7. The van der Waals surface area contributed by atoms with Crippen LogP contribution in [0.4, 0.5) is 4.79 Å². The van der Waals surface area contributed by atoms with E-state index in [9.17, 15) is 9.59 Å². The molecule has 100 valence electrons. The highest BCUT2D eigenvalue weighted by Crippen LogP contribution is 2.06. The first-order valence-electron chi connectivity index (χ1n) is 5.72. The predicted molar refractivity (Wildman–Crippen MR) is 68.4 cm³/mol. The largest absolute Gasteiger partial charge is 0.481 e. The van der Waals surface area contributed by atoms with Gasteiger partial charge in [-0.1, -0.05) is 13.3 Å². The summed E-state index contributed by atoms with van der Waals surface area (Å²) in [5.74, 6) is -0.870. The van der Waals surface area contributed by atoms with Gasteiger partial charge < -0.3 is 15.7 Å². The van der Waals surface area contributed by atoms with Gasteiger partial charge in [0.1, 0.15) is 0 Å². The van der Waals surface area contributed by atoms with Gasteiger partial charge in [0.25, 0.3) is 0 Å². The van der Waals surface area contributed by atoms with E-state index in [1.807, 2.05) is 6.92 Å². The van der Waals surface area contributed by atoms with Crippen molar-refractivity contribution >= 4 is 23.3 Å². The smallest absolute Gasteiger partial charge is 0.315 e. The molecule has 7 heteroatoms. The van der Waals surface area contributed by atoms with Crippen molar-refractivity contribution in [3.05, 3.63) is 16.6 Å². The zero-order valence-electron chi connectivity index (χ0n) is 10.2. The lowest BCUT2D eigenvalue weighted by Crippen LogP contribution is -2.38. The lowest BCUT2D eigenvalue weighted by Gasteiger charge is -2.13. The molecule has 0 bridgehead atoms. The molecule has 1 aromatic heterocycles. The lowest BCUT2D eigenvalue weighted by atomic mass is 10.0. The Bertz CT molecular complexity index is 381. The molecule has 1 heterocycles. The highest BCUT2D eigenvalue weighted by Gasteiger charge is 2.12. The van der Waals surface area contributed by atoms with Crippen LogP contribution in [-0.4, -0.2) is 28.6 Å². The Hall–Kier alpha value is -1.63. The van der Waals surface area contributed by atoms with Crippen LogP contribution in [0.3, 0.4) is 0 Å². The maximum absolute atomic E-state index is 11.5. The van der Waals surface area contributed by atoms with E-state index in [1.54, 1.807) is 11.7 Å². The van der Waals surface area contributed by atoms with Crippen LogP contribution in [0.15, 0.2) is 11.7 Å². The number of nitrogens with zero attached hydrogens (tertiary/aromatic N) is 1. The second-order valence-corrected chi connectivity index (χ2v) is 4.87. The molecule has 3 N–H and O–H groups in total. The van der Waals surface area contributed by atoms with Crippen molar-refractivity contribution in [1.82, 2.24) is 15.6 Å². The van der Waals surface area contributed by atoms with Gasteiger partial charge >= 0.3 is 12.0 Å². The molecular weight excluding hydrogens is 254 g/mol. The first-order chi connectivity index (χ1) is 8.61. The quantitative estimate of drug-likeness (QED) is 0.700. The molecule has 0 aliphatic carbocycles. The number of hydrogen-bond donors (Lipinski definition) is 3. The molecule has 1 aromatic rings. The van der Waals surface area contributed by atoms with Crippen molar-refractivity contribution in [2.24, 2.45) is 5.92 Å². The number of hydrogen-bond acceptors (Lipinski definition) is 4. The molecule has 0 aromatic carbocycles. The fraction of sp³-hybridized carbons (Fsp3) is 0.545. The summed E-state index contributed by atoms with van der Waals surface area (Å²) in [5, 5.41) is 14.0. The first-order valence-corrected chi connectivity index (χ1v) is 6.60. The van der Waals surface area contributed by atoms with E-state index in [0.717, 1.165) is 11.3 Å². The van der Waals surface area contributed by atoms with Crippen LogP contribution in [0.25, 0.3) is 0 Å². The average molecular weight is 271 g/mol. The van der Waals surface area contributed by atoms with Gasteiger partial charge in [-0.15, -0.1) is 11.3 Å². The highest BCUT2D eigenvalue weighted by atomic mass is 32.1. The molecule has 0 saturated carbocycles. The van der Waals surface area contributed by atoms with Crippen molar-refractivity contribution < 1.29 is 14.7 Å². The Morgan fingerprint density at radius 2 is 2.28 bits per heavy atom. The number of thiazole rings is 1. The molecule has 0 aliphatic heterocycles. The van der Waals surface area contributed by atoms with Gasteiger partial charge in [0.2, 0.25) is 0 Å². The zero-order valence-corrected chi connectivity index (χ0v) is 11.0. The molecule has 0 aliphatic rings. The van der Waals surface area contributed by atoms with Crippen LogP contribution in [0.5, 0.6) is 0 Å². The second-order valence-electron chi connectivity index (χ2n) is 3.90. The monoisotopic (exact) mass is 271 g/mol. The summed E-state index contributed by atoms with van der Waals surface area (Å²) in [5.41, 5.74) is 1.70. The third-order valence-corrected chi connectivity index (χ3v) is 3.28. The number of aliphatic carboxylic acids is 1. The minimum atomic E-state index is -0.839. The number of carbonyl (C=O) groups is 2. The predicted octanol–water partition coefficient (Wildman–Crippen LogP) is 1.44. The molecule has 0 radical (unpaired) electrons. The van der Waals surface area contributed by atoms with Gasteiger partial charge in [0.05, 0.1) is 12.1 Å². The second kappa shape index (κ2) is 7.65. The first kappa shape index (κ1) is 14.4. The number of carboxylic acid groups (broad SMARTS) is 1. The van der Waals surface area contributed by atoms with Crippen LogP contribution < -0.4 is 10.6 Å². The van der Waals surface area contributed by atoms with Gasteiger partial charge in [0.15, 0.2) is 0 Å². The van der Waals surface area contributed by atoms with Gasteiger partial charge in [-0.2, -0.15) is 0 Å². The molecule has 6 nitrogen and oxygen atoms in total. The summed E-state index contributed by atoms with van der Waals surface area (Å²) in [7, 11) is 0. The van der Waals surface area contributed by atoms with Gasteiger partial charge in [-0.25, -0.2) is 4.79 Å². The van der Waals surface area contributed by atoms with E-state index >= 15 is 0 Å². The number of amides is 2. The normalized spacial score (nSPS) is 11.8. The van der Waals surface area contributed by atoms with Crippen LogP contribution in [0.1, 0.15) is 24.6 Å². The Labute approximate surface area is 109 Å². The van der Waals surface area contributed by atoms with E-state index in [4.69, 9.17) is 5.11 Å². The summed E-state index contributed by atoms with van der Waals surface area (Å²) in [6.45, 7) is 2.72. The van der Waals surface area contributed by atoms with Gasteiger partial charge in [-0.3, -0.25) is 9.78 Å². The van der Waals surface area contributed by atoms with E-state index < -0.39 is 5.97 Å². The minimum absolute atomic E-state index is 0.0309.